The van der Waals surface area contributed by atoms with Crippen LogP contribution in [-0.2, 0) is 13.1 Å². The maximum Gasteiger partial charge on any atom is 0.403 e. The molecule has 31 heavy (non-hydrogen) atoms. The maximum atomic E-state index is 13.0. The van der Waals surface area contributed by atoms with Gasteiger partial charge < -0.3 is 14.8 Å². The van der Waals surface area contributed by atoms with Gasteiger partial charge in [0.25, 0.3) is 0 Å². The van der Waals surface area contributed by atoms with Gasteiger partial charge in [-0.25, -0.2) is 9.98 Å². The molecule has 10 heteroatoms. The molecule has 1 aromatic carbocycles. The monoisotopic (exact) mass is 550 g/mol. The minimum atomic E-state index is -4.20. The standard InChI is InChI=1S/C21H29F3N6.HI/c1-3-25-20(29-13-11-28(12-14-29)17(2)21(22,23)24)27-15-19-26-9-10-30(19)16-18-7-5-4-6-8-18;/h4-10,17H,3,11-16H2,1-2H3,(H,25,27);1H. The predicted molar refractivity (Wildman–Crippen MR) is 127 cm³/mol. The van der Waals surface area contributed by atoms with Crippen molar-refractivity contribution in [2.45, 2.75) is 39.2 Å². The molecule has 1 saturated heterocycles. The average molecular weight is 550 g/mol. The number of aromatic nitrogens is 2. The van der Waals surface area contributed by atoms with Crippen LogP contribution in [0.4, 0.5) is 13.2 Å². The Hall–Kier alpha value is -1.82. The molecule has 0 spiro atoms. The van der Waals surface area contributed by atoms with Crippen LogP contribution in [-0.4, -0.2) is 70.3 Å². The molecule has 1 unspecified atom stereocenters. The van der Waals surface area contributed by atoms with Gasteiger partial charge >= 0.3 is 6.18 Å². The van der Waals surface area contributed by atoms with Crippen LogP contribution in [0, 0.1) is 0 Å². The van der Waals surface area contributed by atoms with Crippen LogP contribution in [0.1, 0.15) is 25.2 Å². The van der Waals surface area contributed by atoms with Crippen LogP contribution in [0.5, 0.6) is 0 Å². The van der Waals surface area contributed by atoms with Crippen molar-refractivity contribution in [3.8, 4) is 0 Å². The van der Waals surface area contributed by atoms with Crippen molar-refractivity contribution in [3.05, 3.63) is 54.1 Å². The first-order chi connectivity index (χ1) is 14.4. The van der Waals surface area contributed by atoms with Gasteiger partial charge in [0.2, 0.25) is 0 Å². The van der Waals surface area contributed by atoms with Gasteiger partial charge in [0.05, 0.1) is 0 Å². The molecule has 0 radical (unpaired) electrons. The molecule has 1 fully saturated rings. The van der Waals surface area contributed by atoms with E-state index in [2.05, 4.69) is 27.0 Å². The van der Waals surface area contributed by atoms with Crippen molar-refractivity contribution in [1.29, 1.82) is 0 Å². The summed E-state index contributed by atoms with van der Waals surface area (Å²) in [7, 11) is 0. The third kappa shape index (κ3) is 7.09. The normalized spacial score (nSPS) is 16.7. The highest BCUT2D eigenvalue weighted by atomic mass is 127. The Bertz CT molecular complexity index is 816. The number of hydrogen-bond donors (Lipinski definition) is 1. The van der Waals surface area contributed by atoms with Gasteiger partial charge in [0, 0.05) is 51.7 Å². The second kappa shape index (κ2) is 11.7. The Kier molecular flexibility index (Phi) is 9.60. The summed E-state index contributed by atoms with van der Waals surface area (Å²) in [6.07, 6.45) is -0.503. The number of imidazole rings is 1. The first-order valence-corrected chi connectivity index (χ1v) is 10.3. The molecule has 0 aliphatic carbocycles. The fourth-order valence-electron chi connectivity index (χ4n) is 3.52. The van der Waals surface area contributed by atoms with Gasteiger partial charge in [-0.1, -0.05) is 30.3 Å². The quantitative estimate of drug-likeness (QED) is 0.340. The SMILES string of the molecule is CCNC(=NCc1nccn1Cc1ccccc1)N1CCN(C(C)C(F)(F)F)CC1.I. The zero-order chi connectivity index (χ0) is 21.6. The Morgan fingerprint density at radius 2 is 1.84 bits per heavy atom. The van der Waals surface area contributed by atoms with Crippen molar-refractivity contribution in [3.63, 3.8) is 0 Å². The summed E-state index contributed by atoms with van der Waals surface area (Å²) in [4.78, 5) is 12.6. The molecular formula is C21H30F3IN6. The number of aliphatic imine (C=N–C) groups is 1. The number of benzene rings is 1. The highest BCUT2D eigenvalue weighted by molar-refractivity contribution is 14.0. The molecule has 6 nitrogen and oxygen atoms in total. The van der Waals surface area contributed by atoms with Crippen LogP contribution in [0.2, 0.25) is 0 Å². The Balaban J connectivity index is 0.00000341. The smallest absolute Gasteiger partial charge is 0.357 e. The van der Waals surface area contributed by atoms with E-state index >= 15 is 0 Å². The first-order valence-electron chi connectivity index (χ1n) is 10.3. The van der Waals surface area contributed by atoms with Crippen LogP contribution in [0.25, 0.3) is 0 Å². The second-order valence-corrected chi connectivity index (χ2v) is 7.37. The topological polar surface area (TPSA) is 48.7 Å². The lowest BCUT2D eigenvalue weighted by atomic mass is 10.2. The summed E-state index contributed by atoms with van der Waals surface area (Å²) >= 11 is 0. The highest BCUT2D eigenvalue weighted by Gasteiger charge is 2.41. The number of guanidine groups is 1. The van der Waals surface area contributed by atoms with Crippen molar-refractivity contribution < 1.29 is 13.2 Å². The van der Waals surface area contributed by atoms with Crippen molar-refractivity contribution in [2.24, 2.45) is 4.99 Å². The molecule has 0 bridgehead atoms. The van der Waals surface area contributed by atoms with Gasteiger partial charge in [0.1, 0.15) is 18.4 Å². The molecule has 0 saturated carbocycles. The fraction of sp³-hybridized carbons (Fsp3) is 0.524. The molecule has 0 amide bonds. The molecule has 1 aliphatic rings. The molecule has 1 aliphatic heterocycles. The minimum absolute atomic E-state index is 0. The highest BCUT2D eigenvalue weighted by Crippen LogP contribution is 2.25. The number of alkyl halides is 3. The van der Waals surface area contributed by atoms with Gasteiger partial charge in [-0.05, 0) is 19.4 Å². The van der Waals surface area contributed by atoms with Gasteiger partial charge in [0.15, 0.2) is 5.96 Å². The largest absolute Gasteiger partial charge is 0.403 e. The van der Waals surface area contributed by atoms with Gasteiger partial charge in [-0.2, -0.15) is 13.2 Å². The lowest BCUT2D eigenvalue weighted by Crippen LogP contribution is -2.56. The summed E-state index contributed by atoms with van der Waals surface area (Å²) in [5.74, 6) is 1.56. The van der Waals surface area contributed by atoms with E-state index < -0.39 is 12.2 Å². The summed E-state index contributed by atoms with van der Waals surface area (Å²) in [5.41, 5.74) is 1.18. The minimum Gasteiger partial charge on any atom is -0.357 e. The molecule has 2 aromatic rings. The van der Waals surface area contributed by atoms with E-state index in [9.17, 15) is 13.2 Å². The lowest BCUT2D eigenvalue weighted by molar-refractivity contribution is -0.181. The van der Waals surface area contributed by atoms with E-state index in [4.69, 9.17) is 4.99 Å². The van der Waals surface area contributed by atoms with Crippen molar-refractivity contribution in [1.82, 2.24) is 24.7 Å². The zero-order valence-electron chi connectivity index (χ0n) is 17.8. The third-order valence-corrected chi connectivity index (χ3v) is 5.34. The molecule has 2 heterocycles. The number of hydrogen-bond acceptors (Lipinski definition) is 3. The van der Waals surface area contributed by atoms with Gasteiger partial charge in [-0.3, -0.25) is 4.90 Å². The van der Waals surface area contributed by atoms with Crippen LogP contribution >= 0.6 is 24.0 Å². The Morgan fingerprint density at radius 1 is 1.16 bits per heavy atom. The van der Waals surface area contributed by atoms with Crippen molar-refractivity contribution >= 4 is 29.9 Å². The molecule has 1 atom stereocenters. The third-order valence-electron chi connectivity index (χ3n) is 5.34. The molecule has 3 rings (SSSR count). The predicted octanol–water partition coefficient (Wildman–Crippen LogP) is 3.58. The van der Waals surface area contributed by atoms with Gasteiger partial charge in [-0.15, -0.1) is 24.0 Å². The second-order valence-electron chi connectivity index (χ2n) is 7.37. The lowest BCUT2D eigenvalue weighted by Gasteiger charge is -2.39. The van der Waals surface area contributed by atoms with E-state index in [1.807, 2.05) is 36.2 Å². The molecule has 172 valence electrons. The fourth-order valence-corrected chi connectivity index (χ4v) is 3.52. The number of nitrogens with zero attached hydrogens (tertiary/aromatic N) is 5. The average Bonchev–Trinajstić information content (AvgIpc) is 3.17. The Labute approximate surface area is 198 Å². The number of halogens is 4. The van der Waals surface area contributed by atoms with E-state index in [1.54, 1.807) is 6.20 Å². The summed E-state index contributed by atoms with van der Waals surface area (Å²) in [6, 6.07) is 8.71. The summed E-state index contributed by atoms with van der Waals surface area (Å²) < 4.78 is 41.0. The number of piperazine rings is 1. The van der Waals surface area contributed by atoms with Crippen LogP contribution < -0.4 is 5.32 Å². The number of nitrogens with one attached hydrogen (secondary N) is 1. The Morgan fingerprint density at radius 3 is 2.45 bits per heavy atom. The van der Waals surface area contributed by atoms with E-state index in [0.29, 0.717) is 45.2 Å². The zero-order valence-corrected chi connectivity index (χ0v) is 20.2. The first kappa shape index (κ1) is 25.4. The summed E-state index contributed by atoms with van der Waals surface area (Å²) in [5, 5.41) is 3.26. The van der Waals surface area contributed by atoms with Crippen molar-refractivity contribution in [2.75, 3.05) is 32.7 Å². The molecule has 1 aromatic heterocycles. The molecular weight excluding hydrogens is 520 g/mol. The molecule has 1 N–H and O–H groups in total. The maximum absolute atomic E-state index is 13.0. The van der Waals surface area contributed by atoms with Crippen LogP contribution in [0.3, 0.4) is 0 Å². The van der Waals surface area contributed by atoms with E-state index in [0.717, 1.165) is 12.4 Å². The summed E-state index contributed by atoms with van der Waals surface area (Å²) in [6.45, 7) is 6.74. The van der Waals surface area contributed by atoms with E-state index in [1.165, 1.54) is 17.4 Å². The van der Waals surface area contributed by atoms with E-state index in [-0.39, 0.29) is 24.0 Å². The number of rotatable bonds is 6. The van der Waals surface area contributed by atoms with Crippen LogP contribution in [0.15, 0.2) is 47.7 Å².